The number of nitrogens with zero attached hydrogens (tertiary/aromatic N) is 2. The SMILES string of the molecule is CC(=O)Nc1sc2c(c1C#N)CCN(Cc1ccccc1)C2.Cl. The number of fused-ring (bicyclic) bond motifs is 1. The van der Waals surface area contributed by atoms with E-state index in [9.17, 15) is 10.1 Å². The number of hydrogen-bond donors (Lipinski definition) is 1. The van der Waals surface area contributed by atoms with E-state index in [1.807, 2.05) is 6.07 Å². The molecule has 0 unspecified atom stereocenters. The molecule has 1 amide bonds. The highest BCUT2D eigenvalue weighted by atomic mass is 35.5. The number of halogens is 1. The molecule has 2 heterocycles. The second-order valence-electron chi connectivity index (χ2n) is 5.45. The smallest absolute Gasteiger partial charge is 0.221 e. The normalized spacial score (nSPS) is 13.6. The van der Waals surface area contributed by atoms with Crippen LogP contribution >= 0.6 is 23.7 Å². The van der Waals surface area contributed by atoms with Gasteiger partial charge in [-0.05, 0) is 17.5 Å². The van der Waals surface area contributed by atoms with Gasteiger partial charge in [-0.15, -0.1) is 23.7 Å². The molecule has 0 fully saturated rings. The second-order valence-corrected chi connectivity index (χ2v) is 6.55. The van der Waals surface area contributed by atoms with Crippen molar-refractivity contribution >= 4 is 34.7 Å². The van der Waals surface area contributed by atoms with Crippen LogP contribution < -0.4 is 5.32 Å². The number of rotatable bonds is 3. The molecule has 6 heteroatoms. The lowest BCUT2D eigenvalue weighted by atomic mass is 10.0. The van der Waals surface area contributed by atoms with Gasteiger partial charge in [-0.2, -0.15) is 5.26 Å². The van der Waals surface area contributed by atoms with Gasteiger partial charge in [-0.25, -0.2) is 0 Å². The molecule has 4 nitrogen and oxygen atoms in total. The van der Waals surface area contributed by atoms with Crippen molar-refractivity contribution in [3.05, 3.63) is 51.9 Å². The van der Waals surface area contributed by atoms with Gasteiger partial charge in [0.05, 0.1) is 5.56 Å². The lowest BCUT2D eigenvalue weighted by molar-refractivity contribution is -0.114. The Bertz CT molecular complexity index is 736. The van der Waals surface area contributed by atoms with Crippen molar-refractivity contribution in [3.8, 4) is 6.07 Å². The summed E-state index contributed by atoms with van der Waals surface area (Å²) in [5, 5.41) is 12.8. The first-order chi connectivity index (χ1) is 10.7. The van der Waals surface area contributed by atoms with E-state index in [1.54, 1.807) is 0 Å². The van der Waals surface area contributed by atoms with E-state index < -0.39 is 0 Å². The zero-order chi connectivity index (χ0) is 15.5. The monoisotopic (exact) mass is 347 g/mol. The Morgan fingerprint density at radius 3 is 2.78 bits per heavy atom. The van der Waals surface area contributed by atoms with E-state index in [1.165, 1.54) is 28.7 Å². The first-order valence-electron chi connectivity index (χ1n) is 7.26. The van der Waals surface area contributed by atoms with Crippen LogP contribution in [0.5, 0.6) is 0 Å². The molecule has 2 aromatic rings. The molecular weight excluding hydrogens is 330 g/mol. The summed E-state index contributed by atoms with van der Waals surface area (Å²) >= 11 is 1.53. The van der Waals surface area contributed by atoms with Gasteiger partial charge in [0, 0.05) is 31.4 Å². The Kier molecular flexibility index (Phi) is 5.78. The van der Waals surface area contributed by atoms with Crippen molar-refractivity contribution in [2.45, 2.75) is 26.4 Å². The van der Waals surface area contributed by atoms with Crippen molar-refractivity contribution in [3.63, 3.8) is 0 Å². The molecule has 0 aliphatic carbocycles. The number of carbonyl (C=O) groups is 1. The van der Waals surface area contributed by atoms with Crippen LogP contribution in [0, 0.1) is 11.3 Å². The Morgan fingerprint density at radius 2 is 2.13 bits per heavy atom. The second kappa shape index (κ2) is 7.60. The molecule has 0 spiro atoms. The van der Waals surface area contributed by atoms with Gasteiger partial charge in [-0.3, -0.25) is 9.69 Å². The predicted molar refractivity (Wildman–Crippen MR) is 94.8 cm³/mol. The molecule has 0 bridgehead atoms. The summed E-state index contributed by atoms with van der Waals surface area (Å²) < 4.78 is 0. The number of benzene rings is 1. The van der Waals surface area contributed by atoms with Gasteiger partial charge in [0.25, 0.3) is 0 Å². The Labute approximate surface area is 146 Å². The molecule has 0 saturated heterocycles. The van der Waals surface area contributed by atoms with Gasteiger partial charge in [-0.1, -0.05) is 30.3 Å². The summed E-state index contributed by atoms with van der Waals surface area (Å²) in [5.41, 5.74) is 3.06. The molecule has 120 valence electrons. The molecule has 0 atom stereocenters. The number of amides is 1. The van der Waals surface area contributed by atoms with Crippen LogP contribution in [-0.2, 0) is 24.3 Å². The van der Waals surface area contributed by atoms with E-state index >= 15 is 0 Å². The molecule has 1 aliphatic rings. The molecule has 3 rings (SSSR count). The van der Waals surface area contributed by atoms with Crippen LogP contribution in [0.3, 0.4) is 0 Å². The first-order valence-corrected chi connectivity index (χ1v) is 8.07. The van der Waals surface area contributed by atoms with Gasteiger partial charge in [0.1, 0.15) is 11.1 Å². The van der Waals surface area contributed by atoms with Crippen molar-refractivity contribution in [2.75, 3.05) is 11.9 Å². The third kappa shape index (κ3) is 3.91. The average Bonchev–Trinajstić information content (AvgIpc) is 2.83. The van der Waals surface area contributed by atoms with Crippen molar-refractivity contribution in [2.24, 2.45) is 0 Å². The maximum atomic E-state index is 11.3. The van der Waals surface area contributed by atoms with E-state index in [2.05, 4.69) is 40.6 Å². The number of carbonyl (C=O) groups excluding carboxylic acids is 1. The topological polar surface area (TPSA) is 56.1 Å². The van der Waals surface area contributed by atoms with Crippen LogP contribution in [0.4, 0.5) is 5.00 Å². The number of hydrogen-bond acceptors (Lipinski definition) is 4. The minimum absolute atomic E-state index is 0. The standard InChI is InChI=1S/C17H17N3OS.ClH/c1-12(21)19-17-15(9-18)14-7-8-20(11-16(14)22-17)10-13-5-3-2-4-6-13;/h2-6H,7-8,10-11H2,1H3,(H,19,21);1H. The molecule has 1 aliphatic heterocycles. The summed E-state index contributed by atoms with van der Waals surface area (Å²) in [6, 6.07) is 12.6. The van der Waals surface area contributed by atoms with E-state index in [4.69, 9.17) is 0 Å². The molecule has 23 heavy (non-hydrogen) atoms. The predicted octanol–water partition coefficient (Wildman–Crippen LogP) is 3.56. The van der Waals surface area contributed by atoms with Gasteiger partial charge < -0.3 is 5.32 Å². The van der Waals surface area contributed by atoms with E-state index in [-0.39, 0.29) is 18.3 Å². The maximum Gasteiger partial charge on any atom is 0.221 e. The van der Waals surface area contributed by atoms with Crippen LogP contribution in [-0.4, -0.2) is 17.4 Å². The highest BCUT2D eigenvalue weighted by molar-refractivity contribution is 7.16. The molecule has 0 saturated carbocycles. The van der Waals surface area contributed by atoms with Crippen LogP contribution in [0.15, 0.2) is 30.3 Å². The number of nitriles is 1. The summed E-state index contributed by atoms with van der Waals surface area (Å²) in [6.45, 7) is 4.16. The fourth-order valence-corrected chi connectivity index (χ4v) is 4.09. The average molecular weight is 348 g/mol. The molecular formula is C17H18ClN3OS. The summed E-state index contributed by atoms with van der Waals surface area (Å²) in [5.74, 6) is -0.128. The molecule has 1 aromatic carbocycles. The van der Waals surface area contributed by atoms with E-state index in [0.717, 1.165) is 31.6 Å². The van der Waals surface area contributed by atoms with E-state index in [0.29, 0.717) is 10.6 Å². The zero-order valence-electron chi connectivity index (χ0n) is 12.8. The first kappa shape index (κ1) is 17.5. The Hall–Kier alpha value is -1.87. The van der Waals surface area contributed by atoms with Crippen LogP contribution in [0.25, 0.3) is 0 Å². The molecule has 1 N–H and O–H groups in total. The zero-order valence-corrected chi connectivity index (χ0v) is 14.5. The minimum atomic E-state index is -0.128. The highest BCUT2D eigenvalue weighted by Crippen LogP contribution is 2.36. The third-order valence-corrected chi connectivity index (χ3v) is 4.92. The summed E-state index contributed by atoms with van der Waals surface area (Å²) in [6.07, 6.45) is 0.862. The highest BCUT2D eigenvalue weighted by Gasteiger charge is 2.24. The fraction of sp³-hybridized carbons (Fsp3) is 0.294. The number of anilines is 1. The Balaban J connectivity index is 0.00000192. The summed E-state index contributed by atoms with van der Waals surface area (Å²) in [7, 11) is 0. The van der Waals surface area contributed by atoms with Crippen LogP contribution in [0.1, 0.15) is 28.5 Å². The van der Waals surface area contributed by atoms with Gasteiger partial charge >= 0.3 is 0 Å². The van der Waals surface area contributed by atoms with Crippen molar-refractivity contribution < 1.29 is 4.79 Å². The lowest BCUT2D eigenvalue weighted by Gasteiger charge is -2.26. The van der Waals surface area contributed by atoms with Gasteiger partial charge in [0.15, 0.2) is 0 Å². The Morgan fingerprint density at radius 1 is 1.39 bits per heavy atom. The number of thiophene rings is 1. The molecule has 0 radical (unpaired) electrons. The quantitative estimate of drug-likeness (QED) is 0.923. The molecule has 1 aromatic heterocycles. The van der Waals surface area contributed by atoms with Crippen molar-refractivity contribution in [1.29, 1.82) is 5.26 Å². The fourth-order valence-electron chi connectivity index (χ4n) is 2.80. The third-order valence-electron chi connectivity index (χ3n) is 3.79. The number of nitrogens with one attached hydrogen (secondary N) is 1. The van der Waals surface area contributed by atoms with Gasteiger partial charge in [0.2, 0.25) is 5.91 Å². The van der Waals surface area contributed by atoms with Crippen LogP contribution in [0.2, 0.25) is 0 Å². The summed E-state index contributed by atoms with van der Waals surface area (Å²) in [4.78, 5) is 14.9. The van der Waals surface area contributed by atoms with Crippen molar-refractivity contribution in [1.82, 2.24) is 4.90 Å². The minimum Gasteiger partial charge on any atom is -0.317 e. The largest absolute Gasteiger partial charge is 0.317 e. The lowest BCUT2D eigenvalue weighted by Crippen LogP contribution is -2.29. The maximum absolute atomic E-state index is 11.3.